The van der Waals surface area contributed by atoms with Gasteiger partial charge in [-0.05, 0) is 24.3 Å². The SMILES string of the molecule is CS(=O)(=O)c1c(Cl)ccc(Nc2c(NC3CCSC3)c(=O)c2=O)c1O. The molecule has 0 radical (unpaired) electrons. The highest BCUT2D eigenvalue weighted by molar-refractivity contribution is 7.99. The van der Waals surface area contributed by atoms with E-state index in [0.29, 0.717) is 0 Å². The molecule has 7 nitrogen and oxygen atoms in total. The Kier molecular flexibility index (Phi) is 4.74. The van der Waals surface area contributed by atoms with E-state index in [-0.39, 0.29) is 28.1 Å². The van der Waals surface area contributed by atoms with Gasteiger partial charge in [-0.3, -0.25) is 9.59 Å². The van der Waals surface area contributed by atoms with Gasteiger partial charge in [0, 0.05) is 18.1 Å². The van der Waals surface area contributed by atoms with Crippen LogP contribution in [0.5, 0.6) is 5.75 Å². The number of benzene rings is 1. The Morgan fingerprint density at radius 2 is 1.92 bits per heavy atom. The molecule has 10 heteroatoms. The first kappa shape index (κ1) is 18.1. The highest BCUT2D eigenvalue weighted by Crippen LogP contribution is 2.38. The third-order valence-electron chi connectivity index (χ3n) is 3.90. The van der Waals surface area contributed by atoms with Gasteiger partial charge in [0.2, 0.25) is 0 Å². The summed E-state index contributed by atoms with van der Waals surface area (Å²) in [7, 11) is -3.78. The number of aromatic hydroxyl groups is 1. The zero-order chi connectivity index (χ0) is 18.4. The predicted octanol–water partition coefficient (Wildman–Crippen LogP) is 1.71. The molecule has 3 rings (SSSR count). The van der Waals surface area contributed by atoms with Crippen LogP contribution in [0, 0.1) is 0 Å². The molecule has 1 aliphatic rings. The third kappa shape index (κ3) is 3.36. The van der Waals surface area contributed by atoms with Crippen LogP contribution in [0.15, 0.2) is 26.6 Å². The molecular formula is C15H15ClN2O5S2. The number of hydrogen-bond donors (Lipinski definition) is 3. The van der Waals surface area contributed by atoms with E-state index in [2.05, 4.69) is 10.6 Å². The number of halogens is 1. The van der Waals surface area contributed by atoms with E-state index in [4.69, 9.17) is 11.6 Å². The van der Waals surface area contributed by atoms with Crippen molar-refractivity contribution in [1.29, 1.82) is 0 Å². The molecule has 1 saturated heterocycles. The fourth-order valence-corrected chi connectivity index (χ4v) is 5.24. The zero-order valence-corrected chi connectivity index (χ0v) is 15.5. The van der Waals surface area contributed by atoms with Gasteiger partial charge in [0.15, 0.2) is 15.6 Å². The number of thioether (sulfide) groups is 1. The molecule has 2 aromatic carbocycles. The number of hydrogen-bond acceptors (Lipinski definition) is 8. The first-order chi connectivity index (χ1) is 11.7. The molecule has 0 spiro atoms. The number of phenols is 1. The molecule has 3 N–H and O–H groups in total. The van der Waals surface area contributed by atoms with E-state index in [9.17, 15) is 23.1 Å². The van der Waals surface area contributed by atoms with Gasteiger partial charge in [-0.15, -0.1) is 0 Å². The van der Waals surface area contributed by atoms with Gasteiger partial charge in [-0.2, -0.15) is 11.8 Å². The van der Waals surface area contributed by atoms with Gasteiger partial charge >= 0.3 is 0 Å². The maximum atomic E-state index is 11.9. The molecule has 1 fully saturated rings. The van der Waals surface area contributed by atoms with Crippen LogP contribution in [0.4, 0.5) is 17.1 Å². The molecule has 0 saturated carbocycles. The Morgan fingerprint density at radius 1 is 1.24 bits per heavy atom. The highest BCUT2D eigenvalue weighted by Gasteiger charge is 2.27. The number of phenolic OH excluding ortho intramolecular Hbond substituents is 1. The molecule has 2 aromatic rings. The van der Waals surface area contributed by atoms with Gasteiger partial charge in [0.25, 0.3) is 10.9 Å². The van der Waals surface area contributed by atoms with E-state index in [0.717, 1.165) is 24.2 Å². The molecule has 0 bridgehead atoms. The first-order valence-corrected chi connectivity index (χ1v) is 10.8. The first-order valence-electron chi connectivity index (χ1n) is 7.36. The van der Waals surface area contributed by atoms with E-state index in [1.165, 1.54) is 12.1 Å². The van der Waals surface area contributed by atoms with Gasteiger partial charge in [-0.1, -0.05) is 11.6 Å². The van der Waals surface area contributed by atoms with E-state index >= 15 is 0 Å². The molecule has 0 aromatic heterocycles. The van der Waals surface area contributed by atoms with Crippen molar-refractivity contribution in [3.63, 3.8) is 0 Å². The Morgan fingerprint density at radius 3 is 2.52 bits per heavy atom. The summed E-state index contributed by atoms with van der Waals surface area (Å²) in [5.41, 5.74) is -1.19. The minimum absolute atomic E-state index is 0.0129. The quantitative estimate of drug-likeness (QED) is 0.511. The smallest absolute Gasteiger partial charge is 0.253 e. The maximum absolute atomic E-state index is 11.9. The van der Waals surface area contributed by atoms with Crippen LogP contribution in [0.1, 0.15) is 6.42 Å². The number of rotatable bonds is 5. The molecule has 1 heterocycles. The van der Waals surface area contributed by atoms with Crippen LogP contribution in [0.3, 0.4) is 0 Å². The summed E-state index contributed by atoms with van der Waals surface area (Å²) in [5.74, 6) is 1.22. The lowest BCUT2D eigenvalue weighted by atomic mass is 10.1. The summed E-state index contributed by atoms with van der Waals surface area (Å²) in [5, 5.41) is 15.8. The maximum Gasteiger partial charge on any atom is 0.253 e. The molecule has 0 aliphatic carbocycles. The summed E-state index contributed by atoms with van der Waals surface area (Å²) in [6, 6.07) is 2.74. The summed E-state index contributed by atoms with van der Waals surface area (Å²) >= 11 is 7.60. The van der Waals surface area contributed by atoms with Crippen LogP contribution >= 0.6 is 23.4 Å². The van der Waals surface area contributed by atoms with Crippen LogP contribution in [-0.2, 0) is 9.84 Å². The normalized spacial score (nSPS) is 17.8. The van der Waals surface area contributed by atoms with E-state index < -0.39 is 31.3 Å². The van der Waals surface area contributed by atoms with Crippen molar-refractivity contribution in [3.05, 3.63) is 37.6 Å². The van der Waals surface area contributed by atoms with E-state index in [1.54, 1.807) is 11.8 Å². The molecular weight excluding hydrogens is 388 g/mol. The average molecular weight is 403 g/mol. The molecule has 25 heavy (non-hydrogen) atoms. The third-order valence-corrected chi connectivity index (χ3v) is 6.65. The van der Waals surface area contributed by atoms with Crippen molar-refractivity contribution >= 4 is 50.3 Å². The van der Waals surface area contributed by atoms with E-state index in [1.807, 2.05) is 0 Å². The fraction of sp³-hybridized carbons (Fsp3) is 0.333. The van der Waals surface area contributed by atoms with Crippen molar-refractivity contribution in [2.75, 3.05) is 28.4 Å². The van der Waals surface area contributed by atoms with Gasteiger partial charge in [0.05, 0.1) is 10.7 Å². The van der Waals surface area contributed by atoms with Crippen molar-refractivity contribution in [1.82, 2.24) is 0 Å². The molecule has 1 atom stereocenters. The molecule has 1 unspecified atom stereocenters. The fourth-order valence-electron chi connectivity index (χ4n) is 2.64. The van der Waals surface area contributed by atoms with Crippen LogP contribution < -0.4 is 21.5 Å². The Balaban J connectivity index is 1.95. The van der Waals surface area contributed by atoms with Crippen LogP contribution in [0.2, 0.25) is 5.02 Å². The highest BCUT2D eigenvalue weighted by atomic mass is 35.5. The van der Waals surface area contributed by atoms with Crippen LogP contribution in [0.25, 0.3) is 0 Å². The van der Waals surface area contributed by atoms with Crippen molar-refractivity contribution in [2.45, 2.75) is 17.4 Å². The lowest BCUT2D eigenvalue weighted by molar-refractivity contribution is 0.462. The van der Waals surface area contributed by atoms with Gasteiger partial charge in [-0.25, -0.2) is 8.42 Å². The summed E-state index contributed by atoms with van der Waals surface area (Å²) < 4.78 is 23.6. The zero-order valence-electron chi connectivity index (χ0n) is 13.1. The van der Waals surface area contributed by atoms with Gasteiger partial charge < -0.3 is 15.7 Å². The summed E-state index contributed by atoms with van der Waals surface area (Å²) in [6.45, 7) is 0. The lowest BCUT2D eigenvalue weighted by Crippen LogP contribution is -2.39. The minimum atomic E-state index is -3.78. The number of sulfone groups is 1. The summed E-state index contributed by atoms with van der Waals surface area (Å²) in [6.07, 6.45) is 1.80. The number of nitrogens with one attached hydrogen (secondary N) is 2. The topological polar surface area (TPSA) is 113 Å². The number of anilines is 3. The minimum Gasteiger partial charge on any atom is -0.504 e. The molecule has 134 valence electrons. The Hall–Kier alpha value is -1.71. The largest absolute Gasteiger partial charge is 0.504 e. The Bertz CT molecular complexity index is 1010. The second-order valence-electron chi connectivity index (χ2n) is 5.78. The van der Waals surface area contributed by atoms with Crippen molar-refractivity contribution in [2.24, 2.45) is 0 Å². The Labute approximate surface area is 153 Å². The predicted molar refractivity (Wildman–Crippen MR) is 100 cm³/mol. The van der Waals surface area contributed by atoms with Crippen molar-refractivity contribution in [3.8, 4) is 5.75 Å². The monoisotopic (exact) mass is 402 g/mol. The van der Waals surface area contributed by atoms with Crippen molar-refractivity contribution < 1.29 is 13.5 Å². The standard InChI is InChI=1S/C15H15ClN2O5S2/c1-25(22,23)15-8(16)2-3-9(12(15)19)18-11-10(13(20)14(11)21)17-7-4-5-24-6-7/h2-3,7,17-19H,4-6H2,1H3. The van der Waals surface area contributed by atoms with Gasteiger partial charge in [0.1, 0.15) is 16.3 Å². The lowest BCUT2D eigenvalue weighted by Gasteiger charge is -2.19. The average Bonchev–Trinajstić information content (AvgIpc) is 3.04. The second kappa shape index (κ2) is 6.54. The molecule has 0 amide bonds. The molecule has 1 aliphatic heterocycles. The summed E-state index contributed by atoms with van der Waals surface area (Å²) in [4.78, 5) is 23.3. The van der Waals surface area contributed by atoms with Crippen LogP contribution in [-0.4, -0.2) is 37.3 Å². The second-order valence-corrected chi connectivity index (χ2v) is 9.29.